The molecule has 108 valence electrons. The van der Waals surface area contributed by atoms with E-state index in [9.17, 15) is 8.42 Å². The molecule has 1 aromatic heterocycles. The number of nitrogens with two attached hydrogens (primary N) is 2. The van der Waals surface area contributed by atoms with Gasteiger partial charge in [-0.25, -0.2) is 18.5 Å². The van der Waals surface area contributed by atoms with Crippen molar-refractivity contribution in [2.24, 2.45) is 5.14 Å². The van der Waals surface area contributed by atoms with Gasteiger partial charge in [0.05, 0.1) is 11.4 Å². The molecule has 1 aromatic carbocycles. The van der Waals surface area contributed by atoms with Gasteiger partial charge < -0.3 is 11.1 Å². The predicted molar refractivity (Wildman–Crippen MR) is 75.4 cm³/mol. The van der Waals surface area contributed by atoms with E-state index in [-0.39, 0.29) is 10.6 Å². The normalized spacial score (nSPS) is 11.4. The molecule has 0 aliphatic heterocycles. The molecule has 0 bridgehead atoms. The summed E-state index contributed by atoms with van der Waals surface area (Å²) < 4.78 is 22.7. The molecule has 0 radical (unpaired) electrons. The molecule has 0 aliphatic carbocycles. The number of para-hydroxylation sites is 1. The fraction of sp³-hybridized carbons (Fsp3) is 0.273. The van der Waals surface area contributed by atoms with Crippen molar-refractivity contribution in [1.29, 1.82) is 0 Å². The van der Waals surface area contributed by atoms with Gasteiger partial charge in [-0.2, -0.15) is 5.10 Å². The Labute approximate surface area is 116 Å². The number of nitrogens with zero attached hydrogens (tertiary/aromatic N) is 2. The highest BCUT2D eigenvalue weighted by Gasteiger charge is 2.14. The van der Waals surface area contributed by atoms with Crippen LogP contribution in [0, 0.1) is 0 Å². The van der Waals surface area contributed by atoms with Gasteiger partial charge in [0.15, 0.2) is 0 Å². The fourth-order valence-electron chi connectivity index (χ4n) is 1.78. The number of H-pyrrole nitrogens is 1. The maximum absolute atomic E-state index is 11.3. The van der Waals surface area contributed by atoms with E-state index in [0.29, 0.717) is 12.2 Å². The Kier molecular flexibility index (Phi) is 4.20. The highest BCUT2D eigenvalue weighted by molar-refractivity contribution is 7.89. The lowest BCUT2D eigenvalue weighted by Crippen LogP contribution is -2.15. The largest absolute Gasteiger partial charge is 0.396 e. The number of anilines is 2. The van der Waals surface area contributed by atoms with E-state index in [1.54, 1.807) is 12.1 Å². The zero-order valence-electron chi connectivity index (χ0n) is 10.7. The summed E-state index contributed by atoms with van der Waals surface area (Å²) >= 11 is 0. The number of aromatic nitrogens is 3. The molecule has 6 N–H and O–H groups in total. The van der Waals surface area contributed by atoms with Gasteiger partial charge in [0.25, 0.3) is 0 Å². The van der Waals surface area contributed by atoms with Crippen LogP contribution < -0.4 is 16.2 Å². The summed E-state index contributed by atoms with van der Waals surface area (Å²) in [6, 6.07) is 4.68. The number of aromatic amines is 1. The molecule has 0 spiro atoms. The minimum atomic E-state index is -3.81. The van der Waals surface area contributed by atoms with Crippen LogP contribution in [-0.2, 0) is 16.4 Å². The maximum Gasteiger partial charge on any atom is 0.240 e. The molecule has 20 heavy (non-hydrogen) atoms. The molecule has 0 aliphatic rings. The average molecular weight is 296 g/mol. The number of hydrogen-bond donors (Lipinski definition) is 4. The van der Waals surface area contributed by atoms with E-state index in [4.69, 9.17) is 10.9 Å². The van der Waals surface area contributed by atoms with Gasteiger partial charge >= 0.3 is 0 Å². The van der Waals surface area contributed by atoms with Crippen molar-refractivity contribution in [1.82, 2.24) is 15.2 Å². The van der Waals surface area contributed by atoms with Gasteiger partial charge in [0.1, 0.15) is 17.0 Å². The van der Waals surface area contributed by atoms with Gasteiger partial charge in [-0.15, -0.1) is 0 Å². The van der Waals surface area contributed by atoms with Gasteiger partial charge in [-0.05, 0) is 18.6 Å². The van der Waals surface area contributed by atoms with Crippen LogP contribution in [-0.4, -0.2) is 30.1 Å². The summed E-state index contributed by atoms with van der Waals surface area (Å²) in [5.74, 6) is 0.804. The molecule has 0 saturated carbocycles. The average Bonchev–Trinajstić information content (AvgIpc) is 2.88. The van der Waals surface area contributed by atoms with Crippen molar-refractivity contribution >= 4 is 21.4 Å². The molecule has 9 heteroatoms. The van der Waals surface area contributed by atoms with Crippen molar-refractivity contribution < 1.29 is 8.42 Å². The maximum atomic E-state index is 11.3. The molecular weight excluding hydrogens is 280 g/mol. The first-order chi connectivity index (χ1) is 9.48. The van der Waals surface area contributed by atoms with E-state index in [0.717, 1.165) is 18.7 Å². The van der Waals surface area contributed by atoms with Gasteiger partial charge in [-0.3, -0.25) is 5.10 Å². The Bertz CT molecular complexity index is 668. The molecule has 0 amide bonds. The second-order valence-electron chi connectivity index (χ2n) is 4.22. The third-order valence-corrected chi connectivity index (χ3v) is 3.71. The molecule has 2 rings (SSSR count). The first-order valence-corrected chi connectivity index (χ1v) is 7.52. The van der Waals surface area contributed by atoms with Crippen LogP contribution in [0.5, 0.6) is 0 Å². The summed E-state index contributed by atoms with van der Waals surface area (Å²) in [5, 5.41) is 14.7. The SMILES string of the molecule is Nc1c(NCCCc2ncn[nH]2)cccc1S(N)(=O)=O. The van der Waals surface area contributed by atoms with Crippen LogP contribution in [0.3, 0.4) is 0 Å². The van der Waals surface area contributed by atoms with Crippen molar-refractivity contribution in [2.45, 2.75) is 17.7 Å². The molecular formula is C11H16N6O2S. The number of rotatable bonds is 6. The summed E-state index contributed by atoms with van der Waals surface area (Å²) in [4.78, 5) is 3.94. The van der Waals surface area contributed by atoms with Gasteiger partial charge in [0, 0.05) is 13.0 Å². The zero-order chi connectivity index (χ0) is 14.6. The van der Waals surface area contributed by atoms with Crippen LogP contribution >= 0.6 is 0 Å². The lowest BCUT2D eigenvalue weighted by atomic mass is 10.2. The standard InChI is InChI=1S/C11H16N6O2S/c12-11-8(3-1-4-9(11)20(13,18)19)14-6-2-5-10-15-7-16-17-10/h1,3-4,7,14H,2,5-6,12H2,(H2,13,18,19)(H,15,16,17). The number of benzene rings is 1. The lowest BCUT2D eigenvalue weighted by Gasteiger charge is -2.11. The number of hydrogen-bond acceptors (Lipinski definition) is 6. The topological polar surface area (TPSA) is 140 Å². The second-order valence-corrected chi connectivity index (χ2v) is 5.75. The van der Waals surface area contributed by atoms with E-state index < -0.39 is 10.0 Å². The van der Waals surface area contributed by atoms with Gasteiger partial charge in [0.2, 0.25) is 10.0 Å². The van der Waals surface area contributed by atoms with Crippen LogP contribution in [0.2, 0.25) is 0 Å². The monoisotopic (exact) mass is 296 g/mol. The zero-order valence-corrected chi connectivity index (χ0v) is 11.5. The van der Waals surface area contributed by atoms with E-state index in [1.807, 2.05) is 0 Å². The molecule has 1 heterocycles. The Morgan fingerprint density at radius 3 is 2.80 bits per heavy atom. The van der Waals surface area contributed by atoms with Crippen LogP contribution in [0.1, 0.15) is 12.2 Å². The van der Waals surface area contributed by atoms with Gasteiger partial charge in [-0.1, -0.05) is 6.07 Å². The number of nitrogens with one attached hydrogen (secondary N) is 2. The molecule has 2 aromatic rings. The first kappa shape index (κ1) is 14.3. The Balaban J connectivity index is 1.96. The smallest absolute Gasteiger partial charge is 0.240 e. The van der Waals surface area contributed by atoms with Crippen molar-refractivity contribution in [3.05, 3.63) is 30.4 Å². The summed E-state index contributed by atoms with van der Waals surface area (Å²) in [6.07, 6.45) is 2.99. The third kappa shape index (κ3) is 3.45. The highest BCUT2D eigenvalue weighted by Crippen LogP contribution is 2.25. The first-order valence-electron chi connectivity index (χ1n) is 5.98. The Hall–Kier alpha value is -2.13. The lowest BCUT2D eigenvalue weighted by molar-refractivity contribution is 0.598. The molecule has 0 atom stereocenters. The minimum absolute atomic E-state index is 0.0715. The highest BCUT2D eigenvalue weighted by atomic mass is 32.2. The number of sulfonamides is 1. The van der Waals surface area contributed by atoms with Crippen LogP contribution in [0.15, 0.2) is 29.4 Å². The van der Waals surface area contributed by atoms with Crippen molar-refractivity contribution in [3.8, 4) is 0 Å². The molecule has 8 nitrogen and oxygen atoms in total. The quantitative estimate of drug-likeness (QED) is 0.439. The van der Waals surface area contributed by atoms with Crippen molar-refractivity contribution in [3.63, 3.8) is 0 Å². The van der Waals surface area contributed by atoms with E-state index in [2.05, 4.69) is 20.5 Å². The molecule has 0 saturated heterocycles. The third-order valence-electron chi connectivity index (χ3n) is 2.74. The van der Waals surface area contributed by atoms with Crippen LogP contribution in [0.25, 0.3) is 0 Å². The number of aryl methyl sites for hydroxylation is 1. The summed E-state index contributed by atoms with van der Waals surface area (Å²) in [5.41, 5.74) is 6.48. The Morgan fingerprint density at radius 2 is 2.15 bits per heavy atom. The predicted octanol–water partition coefficient (Wildman–Crippen LogP) is 0.0790. The number of nitrogen functional groups attached to an aromatic ring is 1. The summed E-state index contributed by atoms with van der Waals surface area (Å²) in [7, 11) is -3.81. The molecule has 0 fully saturated rings. The number of primary sulfonamides is 1. The fourth-order valence-corrected chi connectivity index (χ4v) is 2.46. The van der Waals surface area contributed by atoms with Crippen molar-refractivity contribution in [2.75, 3.05) is 17.6 Å². The minimum Gasteiger partial charge on any atom is -0.396 e. The molecule has 0 unspecified atom stereocenters. The van der Waals surface area contributed by atoms with Crippen LogP contribution in [0.4, 0.5) is 11.4 Å². The van der Waals surface area contributed by atoms with E-state index in [1.165, 1.54) is 12.4 Å². The Morgan fingerprint density at radius 1 is 1.35 bits per heavy atom. The van der Waals surface area contributed by atoms with E-state index >= 15 is 0 Å². The second kappa shape index (κ2) is 5.88. The summed E-state index contributed by atoms with van der Waals surface area (Å²) in [6.45, 7) is 0.624.